The summed E-state index contributed by atoms with van der Waals surface area (Å²) in [6, 6.07) is 16.5. The maximum Gasteiger partial charge on any atom is 0.292 e. The molecule has 2 aromatic carbocycles. The second kappa shape index (κ2) is 8.50. The Morgan fingerprint density at radius 1 is 1.06 bits per heavy atom. The molecule has 0 fully saturated rings. The van der Waals surface area contributed by atoms with E-state index < -0.39 is 17.5 Å². The van der Waals surface area contributed by atoms with Crippen molar-refractivity contribution in [2.45, 2.75) is 0 Å². The van der Waals surface area contributed by atoms with Gasteiger partial charge in [0.15, 0.2) is 11.5 Å². The van der Waals surface area contributed by atoms with E-state index in [1.54, 1.807) is 36.4 Å². The SMILES string of the molecule is O=C(NCCOc1ccc2nnc(-c3cccc(F)c3)n2n1)C(=O)c1c[nH]c2ccccc12. The molecule has 164 valence electrons. The van der Waals surface area contributed by atoms with E-state index in [4.69, 9.17) is 4.74 Å². The number of hydrogen-bond acceptors (Lipinski definition) is 6. The lowest BCUT2D eigenvalue weighted by Gasteiger charge is -2.07. The van der Waals surface area contributed by atoms with Crippen molar-refractivity contribution >= 4 is 28.2 Å². The Balaban J connectivity index is 1.22. The number of carbonyl (C=O) groups excluding carboxylic acids is 2. The fraction of sp³-hybridized carbons (Fsp3) is 0.0870. The summed E-state index contributed by atoms with van der Waals surface area (Å²) in [4.78, 5) is 27.7. The van der Waals surface area contributed by atoms with Crippen molar-refractivity contribution in [3.05, 3.63) is 78.2 Å². The Labute approximate surface area is 186 Å². The zero-order valence-corrected chi connectivity index (χ0v) is 17.2. The van der Waals surface area contributed by atoms with Crippen LogP contribution in [0.1, 0.15) is 10.4 Å². The molecule has 33 heavy (non-hydrogen) atoms. The van der Waals surface area contributed by atoms with Gasteiger partial charge in [0.25, 0.3) is 11.7 Å². The number of para-hydroxylation sites is 1. The molecular weight excluding hydrogens is 427 g/mol. The van der Waals surface area contributed by atoms with E-state index in [0.29, 0.717) is 28.0 Å². The Morgan fingerprint density at radius 3 is 2.82 bits per heavy atom. The average Bonchev–Trinajstić information content (AvgIpc) is 3.45. The highest BCUT2D eigenvalue weighted by Gasteiger charge is 2.19. The number of Topliss-reactive ketones (excluding diaryl/α,β-unsaturated/α-hetero) is 1. The van der Waals surface area contributed by atoms with E-state index in [1.165, 1.54) is 22.8 Å². The predicted octanol–water partition coefficient (Wildman–Crippen LogP) is 2.79. The second-order valence-corrected chi connectivity index (χ2v) is 7.16. The molecule has 1 amide bonds. The Morgan fingerprint density at radius 2 is 1.94 bits per heavy atom. The van der Waals surface area contributed by atoms with E-state index in [1.807, 2.05) is 12.1 Å². The first kappa shape index (κ1) is 20.3. The number of ether oxygens (including phenoxy) is 1. The maximum absolute atomic E-state index is 13.6. The van der Waals surface area contributed by atoms with Crippen LogP contribution in [0.25, 0.3) is 27.9 Å². The van der Waals surface area contributed by atoms with Crippen LogP contribution in [0.3, 0.4) is 0 Å². The number of hydrogen-bond donors (Lipinski definition) is 2. The molecule has 0 saturated heterocycles. The highest BCUT2D eigenvalue weighted by molar-refractivity contribution is 6.44. The van der Waals surface area contributed by atoms with Crippen molar-refractivity contribution in [1.29, 1.82) is 0 Å². The summed E-state index contributed by atoms with van der Waals surface area (Å²) in [7, 11) is 0. The largest absolute Gasteiger partial charge is 0.475 e. The van der Waals surface area contributed by atoms with Crippen LogP contribution in [0, 0.1) is 5.82 Å². The molecule has 0 aliphatic carbocycles. The van der Waals surface area contributed by atoms with Gasteiger partial charge >= 0.3 is 0 Å². The third-order valence-electron chi connectivity index (χ3n) is 5.00. The zero-order chi connectivity index (χ0) is 22.8. The van der Waals surface area contributed by atoms with Gasteiger partial charge in [-0.3, -0.25) is 9.59 Å². The molecule has 0 bridgehead atoms. The van der Waals surface area contributed by atoms with Crippen LogP contribution in [0.5, 0.6) is 5.88 Å². The van der Waals surface area contributed by atoms with Crippen molar-refractivity contribution in [3.63, 3.8) is 0 Å². The molecule has 5 rings (SSSR count). The zero-order valence-electron chi connectivity index (χ0n) is 17.2. The molecule has 0 aliphatic heterocycles. The maximum atomic E-state index is 13.6. The Bertz CT molecular complexity index is 1490. The van der Waals surface area contributed by atoms with E-state index in [2.05, 4.69) is 25.6 Å². The number of benzene rings is 2. The van der Waals surface area contributed by atoms with Gasteiger partial charge in [0, 0.05) is 28.7 Å². The van der Waals surface area contributed by atoms with Crippen LogP contribution in [0.2, 0.25) is 0 Å². The normalized spacial score (nSPS) is 11.1. The van der Waals surface area contributed by atoms with Gasteiger partial charge in [0.1, 0.15) is 12.4 Å². The minimum Gasteiger partial charge on any atom is -0.475 e. The first-order chi connectivity index (χ1) is 16.1. The van der Waals surface area contributed by atoms with Gasteiger partial charge < -0.3 is 15.0 Å². The number of rotatable bonds is 7. The topological polar surface area (TPSA) is 114 Å². The molecule has 5 aromatic rings. The molecule has 0 saturated carbocycles. The first-order valence-electron chi connectivity index (χ1n) is 10.1. The molecule has 0 atom stereocenters. The van der Waals surface area contributed by atoms with Crippen LogP contribution in [-0.2, 0) is 4.79 Å². The average molecular weight is 444 g/mol. The summed E-state index contributed by atoms with van der Waals surface area (Å²) >= 11 is 0. The van der Waals surface area contributed by atoms with Crippen molar-refractivity contribution in [2.75, 3.05) is 13.2 Å². The molecule has 10 heteroatoms. The molecule has 9 nitrogen and oxygen atoms in total. The Kier molecular flexibility index (Phi) is 5.23. The number of nitrogens with zero attached hydrogens (tertiary/aromatic N) is 4. The molecule has 3 heterocycles. The number of aromatic nitrogens is 5. The summed E-state index contributed by atoms with van der Waals surface area (Å²) in [5.74, 6) is -1.12. The lowest BCUT2D eigenvalue weighted by molar-refractivity contribution is -0.117. The minimum atomic E-state index is -0.723. The van der Waals surface area contributed by atoms with Crippen LogP contribution in [0.4, 0.5) is 4.39 Å². The number of nitrogens with one attached hydrogen (secondary N) is 2. The van der Waals surface area contributed by atoms with Gasteiger partial charge in [-0.1, -0.05) is 30.3 Å². The van der Waals surface area contributed by atoms with Crippen molar-refractivity contribution in [2.24, 2.45) is 0 Å². The van der Waals surface area contributed by atoms with Crippen molar-refractivity contribution in [1.82, 2.24) is 30.1 Å². The standard InChI is InChI=1S/C23H17FN6O3/c24-15-5-3-4-14(12-15)22-28-27-19-8-9-20(29-30(19)22)33-11-10-25-23(32)21(31)17-13-26-18-7-2-1-6-16(17)18/h1-9,12-13,26H,10-11H2,(H,25,32). The summed E-state index contributed by atoms with van der Waals surface area (Å²) in [5.41, 5.74) is 2.09. The van der Waals surface area contributed by atoms with Crippen molar-refractivity contribution in [3.8, 4) is 17.3 Å². The molecule has 0 radical (unpaired) electrons. The number of ketones is 1. The van der Waals surface area contributed by atoms with Crippen molar-refractivity contribution < 1.29 is 18.7 Å². The van der Waals surface area contributed by atoms with Crippen LogP contribution in [0.15, 0.2) is 66.9 Å². The number of carbonyl (C=O) groups is 2. The van der Waals surface area contributed by atoms with E-state index in [9.17, 15) is 14.0 Å². The fourth-order valence-electron chi connectivity index (χ4n) is 3.44. The van der Waals surface area contributed by atoms with Gasteiger partial charge in [-0.15, -0.1) is 15.3 Å². The molecule has 3 aromatic heterocycles. The molecule has 2 N–H and O–H groups in total. The highest BCUT2D eigenvalue weighted by Crippen LogP contribution is 2.20. The summed E-state index contributed by atoms with van der Waals surface area (Å²) < 4.78 is 20.6. The van der Waals surface area contributed by atoms with E-state index in [0.717, 1.165) is 5.52 Å². The monoisotopic (exact) mass is 444 g/mol. The van der Waals surface area contributed by atoms with Gasteiger partial charge in [-0.05, 0) is 24.3 Å². The Hall–Kier alpha value is -4.60. The smallest absolute Gasteiger partial charge is 0.292 e. The molecule has 0 aliphatic rings. The minimum absolute atomic E-state index is 0.0861. The van der Waals surface area contributed by atoms with Crippen LogP contribution >= 0.6 is 0 Å². The van der Waals surface area contributed by atoms with E-state index in [-0.39, 0.29) is 19.0 Å². The number of H-pyrrole nitrogens is 1. The number of amides is 1. The quantitative estimate of drug-likeness (QED) is 0.227. The lowest BCUT2D eigenvalue weighted by Crippen LogP contribution is -2.34. The molecule has 0 unspecified atom stereocenters. The van der Waals surface area contributed by atoms with E-state index >= 15 is 0 Å². The molecular formula is C23H17FN6O3. The summed E-state index contributed by atoms with van der Waals surface area (Å²) in [5, 5.41) is 15.7. The third kappa shape index (κ3) is 4.01. The fourth-order valence-corrected chi connectivity index (χ4v) is 3.44. The van der Waals surface area contributed by atoms with Gasteiger partial charge in [-0.2, -0.15) is 4.52 Å². The van der Waals surface area contributed by atoms with Crippen LogP contribution < -0.4 is 10.1 Å². The lowest BCUT2D eigenvalue weighted by atomic mass is 10.1. The summed E-state index contributed by atoms with van der Waals surface area (Å²) in [6.07, 6.45) is 1.53. The third-order valence-corrected chi connectivity index (χ3v) is 5.00. The number of fused-ring (bicyclic) bond motifs is 2. The number of halogens is 1. The molecule has 0 spiro atoms. The first-order valence-corrected chi connectivity index (χ1v) is 10.1. The second-order valence-electron chi connectivity index (χ2n) is 7.16. The van der Waals surface area contributed by atoms with Crippen LogP contribution in [-0.4, -0.2) is 49.6 Å². The summed E-state index contributed by atoms with van der Waals surface area (Å²) in [6.45, 7) is 0.189. The van der Waals surface area contributed by atoms with Gasteiger partial charge in [0.2, 0.25) is 5.88 Å². The number of aromatic amines is 1. The predicted molar refractivity (Wildman–Crippen MR) is 117 cm³/mol. The van der Waals surface area contributed by atoms with Gasteiger partial charge in [0.05, 0.1) is 12.1 Å². The highest BCUT2D eigenvalue weighted by atomic mass is 19.1. The van der Waals surface area contributed by atoms with Gasteiger partial charge in [-0.25, -0.2) is 4.39 Å².